The maximum Gasteiger partial charge on any atom is 0.140 e. The lowest BCUT2D eigenvalue weighted by Crippen LogP contribution is -2.48. The van der Waals surface area contributed by atoms with Crippen LogP contribution in [0, 0.1) is 0 Å². The third-order valence-electron chi connectivity index (χ3n) is 7.33. The minimum atomic E-state index is 0.256. The fourth-order valence-corrected chi connectivity index (χ4v) is 5.44. The number of halogens is 1. The van der Waals surface area contributed by atoms with Gasteiger partial charge in [-0.3, -0.25) is 4.90 Å². The van der Waals surface area contributed by atoms with E-state index in [0.717, 1.165) is 53.7 Å². The molecule has 172 valence electrons. The summed E-state index contributed by atoms with van der Waals surface area (Å²) >= 11 is 6.39. The molecule has 2 fully saturated rings. The van der Waals surface area contributed by atoms with Crippen LogP contribution in [0.15, 0.2) is 78.9 Å². The summed E-state index contributed by atoms with van der Waals surface area (Å²) in [5, 5.41) is 1.80. The summed E-state index contributed by atoms with van der Waals surface area (Å²) in [6.07, 6.45) is 3.67. The average Bonchev–Trinajstić information content (AvgIpc) is 2.85. The molecule has 2 aliphatic rings. The zero-order chi connectivity index (χ0) is 22.9. The van der Waals surface area contributed by atoms with Gasteiger partial charge in [0.05, 0.1) is 11.6 Å². The molecule has 0 radical (unpaired) electrons. The highest BCUT2D eigenvalue weighted by molar-refractivity contribution is 6.31. The monoisotopic (exact) mass is 468 g/mol. The molecule has 4 aromatic rings. The van der Waals surface area contributed by atoms with Gasteiger partial charge in [-0.1, -0.05) is 78.7 Å². The zero-order valence-corrected chi connectivity index (χ0v) is 20.0. The van der Waals surface area contributed by atoms with Crippen molar-refractivity contribution < 1.29 is 0 Å². The van der Waals surface area contributed by atoms with Gasteiger partial charge in [-0.15, -0.1) is 0 Å². The number of nitrogens with zero attached hydrogens (tertiary/aromatic N) is 4. The lowest BCUT2D eigenvalue weighted by molar-refractivity contribution is 0.212. The molecule has 0 unspecified atom stereocenters. The molecule has 0 spiro atoms. The van der Waals surface area contributed by atoms with E-state index in [0.29, 0.717) is 5.92 Å². The van der Waals surface area contributed by atoms with E-state index in [2.05, 4.69) is 70.5 Å². The molecule has 3 aromatic carbocycles. The molecule has 1 aliphatic carbocycles. The Morgan fingerprint density at radius 1 is 0.765 bits per heavy atom. The number of anilines is 1. The lowest BCUT2D eigenvalue weighted by atomic mass is 9.85. The molecule has 5 heteroatoms. The molecule has 2 heterocycles. The highest BCUT2D eigenvalue weighted by Crippen LogP contribution is 2.38. The molecule has 1 saturated carbocycles. The first kappa shape index (κ1) is 21.6. The van der Waals surface area contributed by atoms with Crippen molar-refractivity contribution in [2.45, 2.75) is 31.2 Å². The Kier molecular flexibility index (Phi) is 5.94. The fourth-order valence-electron chi connectivity index (χ4n) is 5.27. The van der Waals surface area contributed by atoms with Crippen molar-refractivity contribution in [2.75, 3.05) is 31.1 Å². The topological polar surface area (TPSA) is 32.3 Å². The van der Waals surface area contributed by atoms with Crippen LogP contribution >= 0.6 is 11.6 Å². The summed E-state index contributed by atoms with van der Waals surface area (Å²) in [4.78, 5) is 15.1. The molecule has 6 rings (SSSR count). The van der Waals surface area contributed by atoms with Gasteiger partial charge < -0.3 is 4.90 Å². The summed E-state index contributed by atoms with van der Waals surface area (Å²) in [6.45, 7) is 3.80. The number of fused-ring (bicyclic) bond motifs is 1. The third-order valence-corrected chi connectivity index (χ3v) is 7.57. The summed E-state index contributed by atoms with van der Waals surface area (Å²) in [5.41, 5.74) is 3.69. The predicted molar refractivity (Wildman–Crippen MR) is 140 cm³/mol. The van der Waals surface area contributed by atoms with E-state index in [9.17, 15) is 0 Å². The second-order valence-electron chi connectivity index (χ2n) is 9.44. The van der Waals surface area contributed by atoms with Crippen LogP contribution in [0.1, 0.15) is 48.2 Å². The van der Waals surface area contributed by atoms with E-state index in [1.165, 1.54) is 30.4 Å². The van der Waals surface area contributed by atoms with Gasteiger partial charge in [0.15, 0.2) is 0 Å². The molecule has 1 saturated heterocycles. The molecule has 1 aromatic heterocycles. The summed E-state index contributed by atoms with van der Waals surface area (Å²) in [6, 6.07) is 28.0. The molecular formula is C29H29ClN4. The quantitative estimate of drug-likeness (QED) is 0.336. The molecule has 0 N–H and O–H groups in total. The molecule has 0 amide bonds. The van der Waals surface area contributed by atoms with Crippen LogP contribution in [0.5, 0.6) is 0 Å². The van der Waals surface area contributed by atoms with Gasteiger partial charge in [-0.25, -0.2) is 9.97 Å². The Balaban J connectivity index is 1.30. The zero-order valence-electron chi connectivity index (χ0n) is 19.3. The highest BCUT2D eigenvalue weighted by Gasteiger charge is 2.29. The standard InChI is InChI=1S/C29H29ClN4/c30-24-14-15-26-25(20-24)29(32-28(31-26)23-12-7-13-23)34-18-16-33(17-19-34)27(21-8-3-1-4-9-21)22-10-5-2-6-11-22/h1-6,8-11,14-15,20,23,27H,7,12-13,16-19H2. The number of rotatable bonds is 5. The lowest BCUT2D eigenvalue weighted by Gasteiger charge is -2.40. The van der Waals surface area contributed by atoms with Crippen LogP contribution in [-0.2, 0) is 0 Å². The van der Waals surface area contributed by atoms with Crippen molar-refractivity contribution in [1.29, 1.82) is 0 Å². The van der Waals surface area contributed by atoms with Gasteiger partial charge in [0, 0.05) is 42.5 Å². The van der Waals surface area contributed by atoms with Crippen molar-refractivity contribution in [3.05, 3.63) is 101 Å². The first-order valence-corrected chi connectivity index (χ1v) is 12.7. The number of benzene rings is 3. The van der Waals surface area contributed by atoms with E-state index < -0.39 is 0 Å². The van der Waals surface area contributed by atoms with Crippen LogP contribution in [0.25, 0.3) is 10.9 Å². The number of aromatic nitrogens is 2. The average molecular weight is 469 g/mol. The number of hydrogen-bond acceptors (Lipinski definition) is 4. The van der Waals surface area contributed by atoms with Crippen molar-refractivity contribution in [3.8, 4) is 0 Å². The van der Waals surface area contributed by atoms with Crippen molar-refractivity contribution in [2.24, 2.45) is 0 Å². The smallest absolute Gasteiger partial charge is 0.140 e. The minimum Gasteiger partial charge on any atom is -0.353 e. The number of hydrogen-bond donors (Lipinski definition) is 0. The van der Waals surface area contributed by atoms with Gasteiger partial charge in [-0.2, -0.15) is 0 Å². The second kappa shape index (κ2) is 9.36. The van der Waals surface area contributed by atoms with Crippen LogP contribution < -0.4 is 4.90 Å². The molecule has 34 heavy (non-hydrogen) atoms. The molecule has 1 aliphatic heterocycles. The van der Waals surface area contributed by atoms with Crippen LogP contribution in [0.4, 0.5) is 5.82 Å². The van der Waals surface area contributed by atoms with Crippen LogP contribution in [0.2, 0.25) is 5.02 Å². The normalized spacial score (nSPS) is 17.3. The third kappa shape index (κ3) is 4.17. The first-order valence-electron chi connectivity index (χ1n) is 12.3. The number of piperazine rings is 1. The summed E-state index contributed by atoms with van der Waals surface area (Å²) < 4.78 is 0. The van der Waals surface area contributed by atoms with E-state index in [-0.39, 0.29) is 6.04 Å². The Bertz CT molecular complexity index is 1230. The maximum absolute atomic E-state index is 6.39. The fraction of sp³-hybridized carbons (Fsp3) is 0.310. The summed E-state index contributed by atoms with van der Waals surface area (Å²) in [5.74, 6) is 2.55. The van der Waals surface area contributed by atoms with Gasteiger partial charge in [0.2, 0.25) is 0 Å². The van der Waals surface area contributed by atoms with Gasteiger partial charge in [0.25, 0.3) is 0 Å². The Morgan fingerprint density at radius 2 is 1.41 bits per heavy atom. The molecule has 0 bridgehead atoms. The van der Waals surface area contributed by atoms with Gasteiger partial charge in [-0.05, 0) is 42.2 Å². The van der Waals surface area contributed by atoms with Gasteiger partial charge >= 0.3 is 0 Å². The Labute approximate surface area is 206 Å². The molecular weight excluding hydrogens is 440 g/mol. The van der Waals surface area contributed by atoms with Crippen molar-refractivity contribution in [3.63, 3.8) is 0 Å². The van der Waals surface area contributed by atoms with E-state index >= 15 is 0 Å². The summed E-state index contributed by atoms with van der Waals surface area (Å²) in [7, 11) is 0. The van der Waals surface area contributed by atoms with E-state index in [1.54, 1.807) is 0 Å². The van der Waals surface area contributed by atoms with Crippen LogP contribution in [0.3, 0.4) is 0 Å². The highest BCUT2D eigenvalue weighted by atomic mass is 35.5. The predicted octanol–water partition coefficient (Wildman–Crippen LogP) is 6.46. The van der Waals surface area contributed by atoms with Crippen LogP contribution in [-0.4, -0.2) is 41.0 Å². The van der Waals surface area contributed by atoms with E-state index in [1.807, 2.05) is 18.2 Å². The Morgan fingerprint density at radius 3 is 2.00 bits per heavy atom. The SMILES string of the molecule is Clc1ccc2nc(C3CCC3)nc(N3CCN(C(c4ccccc4)c4ccccc4)CC3)c2c1. The minimum absolute atomic E-state index is 0.256. The Hall–Kier alpha value is -2.95. The first-order chi connectivity index (χ1) is 16.8. The maximum atomic E-state index is 6.39. The second-order valence-corrected chi connectivity index (χ2v) is 9.88. The van der Waals surface area contributed by atoms with E-state index in [4.69, 9.17) is 21.6 Å². The van der Waals surface area contributed by atoms with Crippen molar-refractivity contribution >= 4 is 28.3 Å². The molecule has 0 atom stereocenters. The van der Waals surface area contributed by atoms with Gasteiger partial charge in [0.1, 0.15) is 11.6 Å². The largest absolute Gasteiger partial charge is 0.353 e. The van der Waals surface area contributed by atoms with Crippen molar-refractivity contribution in [1.82, 2.24) is 14.9 Å². The molecule has 4 nitrogen and oxygen atoms in total.